The Kier molecular flexibility index (Phi) is 8.46. The van der Waals surface area contributed by atoms with Gasteiger partial charge >= 0.3 is 0 Å². The first kappa shape index (κ1) is 32.6. The van der Waals surface area contributed by atoms with Crippen molar-refractivity contribution in [2.45, 2.75) is 0 Å². The Morgan fingerprint density at radius 1 is 0.370 bits per heavy atom. The van der Waals surface area contributed by atoms with Crippen LogP contribution in [0.25, 0.3) is 50.6 Å². The predicted molar refractivity (Wildman–Crippen MR) is 218 cm³/mol. The molecule has 1 heterocycles. The normalized spacial score (nSPS) is 12.1. The molecule has 0 fully saturated rings. The third-order valence-electron chi connectivity index (χ3n) is 9.87. The van der Waals surface area contributed by atoms with Crippen molar-refractivity contribution in [3.8, 4) is 44.5 Å². The van der Waals surface area contributed by atoms with E-state index in [2.05, 4.69) is 120 Å². The van der Waals surface area contributed by atoms with Crippen LogP contribution in [0.4, 0.5) is 17.3 Å². The minimum atomic E-state index is -0.289. The van der Waals surface area contributed by atoms with Crippen molar-refractivity contribution >= 4 is 34.9 Å². The molecule has 0 atom stereocenters. The molecule has 0 N–H and O–H groups in total. The van der Waals surface area contributed by atoms with Gasteiger partial charge in [-0.2, -0.15) is 0 Å². The molecule has 256 valence electrons. The van der Waals surface area contributed by atoms with Crippen molar-refractivity contribution in [1.29, 1.82) is 0 Å². The summed E-state index contributed by atoms with van der Waals surface area (Å²) < 4.78 is 6.48. The molecule has 0 aliphatic heterocycles. The zero-order valence-electron chi connectivity index (χ0n) is 29.2. The molecule has 0 spiro atoms. The summed E-state index contributed by atoms with van der Waals surface area (Å²) in [6.07, 6.45) is 1.56. The quantitative estimate of drug-likeness (QED) is 0.117. The maximum absolute atomic E-state index is 13.2. The number of Topliss-reactive ketones (excluding diaryl/α,β-unsaturated/α-hetero) is 2. The SMILES string of the molecule is O=C1C(=Cc2ccc(N(c3ccccc3)c3cc(-c4ccc(-c5ccccc5)cc4)cc(-c4ccc(-c5ccccc5)cc4)c3)o2)C(=O)c2ccccc21. The molecule has 1 aliphatic rings. The number of hydrogen-bond acceptors (Lipinski definition) is 4. The number of para-hydroxylation sites is 1. The molecule has 0 bridgehead atoms. The van der Waals surface area contributed by atoms with Gasteiger partial charge in [-0.3, -0.25) is 14.5 Å². The zero-order chi connectivity index (χ0) is 36.4. The van der Waals surface area contributed by atoms with E-state index in [9.17, 15) is 9.59 Å². The first-order valence-electron chi connectivity index (χ1n) is 17.9. The molecule has 0 radical (unpaired) electrons. The largest absolute Gasteiger partial charge is 0.440 e. The number of nitrogens with zero attached hydrogens (tertiary/aromatic N) is 1. The average molecular weight is 696 g/mol. The molecule has 0 unspecified atom stereocenters. The summed E-state index contributed by atoms with van der Waals surface area (Å²) in [5.41, 5.74) is 11.6. The Balaban J connectivity index is 1.15. The first-order valence-corrected chi connectivity index (χ1v) is 17.9. The van der Waals surface area contributed by atoms with Crippen molar-refractivity contribution in [3.05, 3.63) is 217 Å². The molecule has 4 nitrogen and oxygen atoms in total. The Morgan fingerprint density at radius 3 is 1.26 bits per heavy atom. The monoisotopic (exact) mass is 695 g/mol. The van der Waals surface area contributed by atoms with Gasteiger partial charge in [0, 0.05) is 22.9 Å². The third-order valence-corrected chi connectivity index (χ3v) is 9.87. The molecule has 4 heteroatoms. The maximum atomic E-state index is 13.2. The van der Waals surface area contributed by atoms with Crippen LogP contribution in [0.15, 0.2) is 204 Å². The van der Waals surface area contributed by atoms with Gasteiger partial charge in [-0.15, -0.1) is 0 Å². The number of allylic oxidation sites excluding steroid dienone is 1. The van der Waals surface area contributed by atoms with Crippen LogP contribution in [0.1, 0.15) is 26.5 Å². The van der Waals surface area contributed by atoms with Crippen LogP contribution in [0, 0.1) is 0 Å². The van der Waals surface area contributed by atoms with Crippen LogP contribution < -0.4 is 4.90 Å². The van der Waals surface area contributed by atoms with Crippen molar-refractivity contribution < 1.29 is 14.0 Å². The van der Waals surface area contributed by atoms with Crippen LogP contribution in [0.3, 0.4) is 0 Å². The van der Waals surface area contributed by atoms with Gasteiger partial charge < -0.3 is 4.42 Å². The topological polar surface area (TPSA) is 50.5 Å². The average Bonchev–Trinajstić information content (AvgIpc) is 3.80. The molecule has 1 aliphatic carbocycles. The van der Waals surface area contributed by atoms with Crippen molar-refractivity contribution in [3.63, 3.8) is 0 Å². The number of furan rings is 1. The Labute approximate surface area is 313 Å². The number of ketones is 2. The standard InChI is InChI=1S/C50H33NO3/c52-49-45-18-10-11-19-46(45)50(53)47(49)33-44-28-29-48(54-44)51(42-16-8-3-9-17-42)43-31-40(38-24-20-36(21-25-38)34-12-4-1-5-13-34)30-41(32-43)39-26-22-37(23-27-39)35-14-6-2-7-15-35/h1-33H. The summed E-state index contributed by atoms with van der Waals surface area (Å²) in [7, 11) is 0. The van der Waals surface area contributed by atoms with Gasteiger partial charge in [0.1, 0.15) is 5.76 Å². The zero-order valence-corrected chi connectivity index (χ0v) is 29.2. The van der Waals surface area contributed by atoms with Crippen molar-refractivity contribution in [2.75, 3.05) is 4.90 Å². The fourth-order valence-corrected chi connectivity index (χ4v) is 7.11. The molecule has 0 amide bonds. The summed E-state index contributed by atoms with van der Waals surface area (Å²) in [6, 6.07) is 65.3. The first-order chi connectivity index (χ1) is 26.6. The van der Waals surface area contributed by atoms with E-state index in [1.165, 1.54) is 11.1 Å². The second-order valence-corrected chi connectivity index (χ2v) is 13.3. The number of rotatable bonds is 8. The minimum Gasteiger partial charge on any atom is -0.440 e. The molecule has 1 aromatic heterocycles. The highest BCUT2D eigenvalue weighted by molar-refractivity contribution is 6.41. The van der Waals surface area contributed by atoms with E-state index in [4.69, 9.17) is 4.42 Å². The molecular formula is C50H33NO3. The number of carbonyl (C=O) groups is 2. The maximum Gasteiger partial charge on any atom is 0.205 e. The number of carbonyl (C=O) groups excluding carboxylic acids is 2. The molecule has 9 rings (SSSR count). The smallest absolute Gasteiger partial charge is 0.205 e. The number of hydrogen-bond donors (Lipinski definition) is 0. The van der Waals surface area contributed by atoms with Crippen molar-refractivity contribution in [2.24, 2.45) is 0 Å². The Bertz CT molecular complexity index is 2520. The van der Waals surface area contributed by atoms with Crippen LogP contribution in [0.2, 0.25) is 0 Å². The van der Waals surface area contributed by atoms with E-state index >= 15 is 0 Å². The summed E-state index contributed by atoms with van der Waals surface area (Å²) in [5, 5.41) is 0. The van der Waals surface area contributed by atoms with Gasteiger partial charge in [0.15, 0.2) is 11.6 Å². The second kappa shape index (κ2) is 14.0. The predicted octanol–water partition coefficient (Wildman–Crippen LogP) is 12.9. The third kappa shape index (κ3) is 6.27. The van der Waals surface area contributed by atoms with Crippen LogP contribution in [-0.4, -0.2) is 11.6 Å². The summed E-state index contributed by atoms with van der Waals surface area (Å²) in [4.78, 5) is 28.5. The lowest BCUT2D eigenvalue weighted by molar-refractivity contribution is 0.0990. The highest BCUT2D eigenvalue weighted by Gasteiger charge is 2.33. The lowest BCUT2D eigenvalue weighted by Gasteiger charge is -2.24. The summed E-state index contributed by atoms with van der Waals surface area (Å²) >= 11 is 0. The molecule has 0 saturated carbocycles. The van der Waals surface area contributed by atoms with Crippen LogP contribution in [0.5, 0.6) is 0 Å². The van der Waals surface area contributed by atoms with E-state index < -0.39 is 0 Å². The molecule has 7 aromatic carbocycles. The van der Waals surface area contributed by atoms with E-state index in [0.29, 0.717) is 22.8 Å². The summed E-state index contributed by atoms with van der Waals surface area (Å²) in [5.74, 6) is 0.384. The molecule has 8 aromatic rings. The number of benzene rings is 7. The summed E-state index contributed by atoms with van der Waals surface area (Å²) in [6.45, 7) is 0. The van der Waals surface area contributed by atoms with Crippen LogP contribution in [-0.2, 0) is 0 Å². The molecule has 54 heavy (non-hydrogen) atoms. The number of anilines is 3. The van der Waals surface area contributed by atoms with Crippen molar-refractivity contribution in [1.82, 2.24) is 0 Å². The highest BCUT2D eigenvalue weighted by atomic mass is 16.4. The molecular weight excluding hydrogens is 663 g/mol. The van der Waals surface area contributed by atoms with Gasteiger partial charge in [0.25, 0.3) is 0 Å². The minimum absolute atomic E-state index is 0.102. The molecule has 0 saturated heterocycles. The van der Waals surface area contributed by atoms with Gasteiger partial charge in [-0.05, 0) is 87.0 Å². The van der Waals surface area contributed by atoms with E-state index in [1.54, 1.807) is 36.4 Å². The number of fused-ring (bicyclic) bond motifs is 1. The second-order valence-electron chi connectivity index (χ2n) is 13.3. The lowest BCUT2D eigenvalue weighted by atomic mass is 9.95. The van der Waals surface area contributed by atoms with Gasteiger partial charge in [-0.1, -0.05) is 152 Å². The van der Waals surface area contributed by atoms with Gasteiger partial charge in [0.05, 0.1) is 11.3 Å². The highest BCUT2D eigenvalue weighted by Crippen LogP contribution is 2.41. The lowest BCUT2D eigenvalue weighted by Crippen LogP contribution is -2.09. The fraction of sp³-hybridized carbons (Fsp3) is 0. The van der Waals surface area contributed by atoms with Gasteiger partial charge in [-0.25, -0.2) is 0 Å². The Morgan fingerprint density at radius 2 is 0.778 bits per heavy atom. The van der Waals surface area contributed by atoms with E-state index in [0.717, 1.165) is 44.8 Å². The van der Waals surface area contributed by atoms with E-state index in [1.807, 2.05) is 48.5 Å². The Hall–Kier alpha value is -7.30. The fourth-order valence-electron chi connectivity index (χ4n) is 7.11. The van der Waals surface area contributed by atoms with E-state index in [-0.39, 0.29) is 17.1 Å². The van der Waals surface area contributed by atoms with Gasteiger partial charge in [0.2, 0.25) is 5.88 Å². The van der Waals surface area contributed by atoms with Crippen LogP contribution >= 0.6 is 0 Å².